The lowest BCUT2D eigenvalue weighted by molar-refractivity contribution is -0.0226. The summed E-state index contributed by atoms with van der Waals surface area (Å²) in [6.45, 7) is 1.79. The summed E-state index contributed by atoms with van der Waals surface area (Å²) in [4.78, 5) is 15.0. The van der Waals surface area contributed by atoms with E-state index in [9.17, 15) is 4.79 Å². The first kappa shape index (κ1) is 14.1. The van der Waals surface area contributed by atoms with Crippen molar-refractivity contribution < 1.29 is 14.3 Å². The van der Waals surface area contributed by atoms with Gasteiger partial charge in [-0.25, -0.2) is 0 Å². The first-order valence-electron chi connectivity index (χ1n) is 6.86. The van der Waals surface area contributed by atoms with E-state index in [0.29, 0.717) is 19.7 Å². The third-order valence-corrected chi connectivity index (χ3v) is 4.43. The number of amides is 1. The predicted molar refractivity (Wildman–Crippen MR) is 81.9 cm³/mol. The van der Waals surface area contributed by atoms with Gasteiger partial charge in [-0.2, -0.15) is 0 Å². The highest BCUT2D eigenvalue weighted by Gasteiger charge is 2.26. The van der Waals surface area contributed by atoms with E-state index >= 15 is 0 Å². The maximum Gasteiger partial charge on any atom is 0.264 e. The molecule has 0 N–H and O–H groups in total. The van der Waals surface area contributed by atoms with Gasteiger partial charge in [0, 0.05) is 6.54 Å². The zero-order valence-electron chi connectivity index (χ0n) is 11.8. The normalized spacial score (nSPS) is 18.5. The van der Waals surface area contributed by atoms with Crippen molar-refractivity contribution in [3.8, 4) is 5.75 Å². The van der Waals surface area contributed by atoms with Gasteiger partial charge in [-0.15, -0.1) is 11.3 Å². The number of carbonyl (C=O) groups excluding carboxylic acids is 1. The lowest BCUT2D eigenvalue weighted by Gasteiger charge is -2.33. The van der Waals surface area contributed by atoms with Crippen LogP contribution in [0.5, 0.6) is 5.75 Å². The Bertz CT molecular complexity index is 594. The Kier molecular flexibility index (Phi) is 4.22. The van der Waals surface area contributed by atoms with Gasteiger partial charge >= 0.3 is 0 Å². The smallest absolute Gasteiger partial charge is 0.264 e. The number of hydrogen-bond donors (Lipinski definition) is 0. The molecule has 5 heteroatoms. The van der Waals surface area contributed by atoms with Crippen molar-refractivity contribution in [3.05, 3.63) is 52.2 Å². The summed E-state index contributed by atoms with van der Waals surface area (Å²) in [6.07, 6.45) is -0.0754. The Labute approximate surface area is 127 Å². The Morgan fingerprint density at radius 1 is 1.33 bits per heavy atom. The first-order valence-corrected chi connectivity index (χ1v) is 7.74. The third kappa shape index (κ3) is 3.09. The van der Waals surface area contributed by atoms with E-state index in [4.69, 9.17) is 9.47 Å². The minimum Gasteiger partial charge on any atom is -0.497 e. The Hall–Kier alpha value is -1.85. The van der Waals surface area contributed by atoms with E-state index in [1.54, 1.807) is 7.11 Å². The molecule has 0 spiro atoms. The first-order chi connectivity index (χ1) is 10.3. The van der Waals surface area contributed by atoms with Crippen LogP contribution in [0.1, 0.15) is 21.3 Å². The fourth-order valence-corrected chi connectivity index (χ4v) is 3.10. The highest BCUT2D eigenvalue weighted by Crippen LogP contribution is 2.25. The van der Waals surface area contributed by atoms with Crippen molar-refractivity contribution in [2.75, 3.05) is 26.8 Å². The van der Waals surface area contributed by atoms with Crippen LogP contribution in [0.2, 0.25) is 0 Å². The van der Waals surface area contributed by atoms with Crippen LogP contribution in [0.15, 0.2) is 41.8 Å². The van der Waals surface area contributed by atoms with Crippen LogP contribution in [0.25, 0.3) is 0 Å². The molecule has 1 saturated heterocycles. The van der Waals surface area contributed by atoms with E-state index in [-0.39, 0.29) is 12.0 Å². The van der Waals surface area contributed by atoms with Gasteiger partial charge < -0.3 is 14.4 Å². The molecule has 1 aromatic carbocycles. The molecule has 1 unspecified atom stereocenters. The summed E-state index contributed by atoms with van der Waals surface area (Å²) in [7, 11) is 1.65. The number of hydrogen-bond acceptors (Lipinski definition) is 4. The average Bonchev–Trinajstić information content (AvgIpc) is 3.09. The Morgan fingerprint density at radius 3 is 2.81 bits per heavy atom. The fraction of sp³-hybridized carbons (Fsp3) is 0.312. The zero-order chi connectivity index (χ0) is 14.7. The largest absolute Gasteiger partial charge is 0.497 e. The molecule has 0 saturated carbocycles. The van der Waals surface area contributed by atoms with Gasteiger partial charge in [0.2, 0.25) is 0 Å². The summed E-state index contributed by atoms with van der Waals surface area (Å²) in [5.74, 6) is 0.910. The third-order valence-electron chi connectivity index (χ3n) is 3.57. The Morgan fingerprint density at radius 2 is 2.14 bits per heavy atom. The Balaban J connectivity index is 1.71. The van der Waals surface area contributed by atoms with Crippen molar-refractivity contribution in [1.29, 1.82) is 0 Å². The van der Waals surface area contributed by atoms with Gasteiger partial charge in [-0.1, -0.05) is 18.2 Å². The van der Waals surface area contributed by atoms with E-state index < -0.39 is 0 Å². The quantitative estimate of drug-likeness (QED) is 0.875. The van der Waals surface area contributed by atoms with Crippen LogP contribution in [0.4, 0.5) is 0 Å². The standard InChI is InChI=1S/C16H17NO3S/c1-19-13-6-4-12(5-7-13)14-11-17(8-9-20-14)16(18)15-3-2-10-21-15/h2-7,10,14H,8-9,11H2,1H3. The molecule has 1 atom stereocenters. The molecule has 1 fully saturated rings. The van der Waals surface area contributed by atoms with E-state index in [1.165, 1.54) is 11.3 Å². The van der Waals surface area contributed by atoms with Gasteiger partial charge in [-0.05, 0) is 29.1 Å². The summed E-state index contributed by atoms with van der Waals surface area (Å²) in [5.41, 5.74) is 1.07. The van der Waals surface area contributed by atoms with E-state index in [2.05, 4.69) is 0 Å². The topological polar surface area (TPSA) is 38.8 Å². The van der Waals surface area contributed by atoms with Crippen LogP contribution in [0.3, 0.4) is 0 Å². The molecule has 2 aromatic rings. The highest BCUT2D eigenvalue weighted by molar-refractivity contribution is 7.12. The molecular formula is C16H17NO3S. The number of carbonyl (C=O) groups is 1. The van der Waals surface area contributed by atoms with Crippen LogP contribution < -0.4 is 4.74 Å². The molecule has 1 aromatic heterocycles. The van der Waals surface area contributed by atoms with Gasteiger partial charge in [0.15, 0.2) is 0 Å². The monoisotopic (exact) mass is 303 g/mol. The van der Waals surface area contributed by atoms with Gasteiger partial charge in [-0.3, -0.25) is 4.79 Å². The van der Waals surface area contributed by atoms with Crippen LogP contribution >= 0.6 is 11.3 Å². The number of thiophene rings is 1. The average molecular weight is 303 g/mol. The number of ether oxygens (including phenoxy) is 2. The molecule has 1 aliphatic heterocycles. The summed E-state index contributed by atoms with van der Waals surface area (Å²) < 4.78 is 11.0. The molecule has 0 bridgehead atoms. The van der Waals surface area contributed by atoms with Crippen LogP contribution in [-0.4, -0.2) is 37.6 Å². The van der Waals surface area contributed by atoms with Crippen LogP contribution in [0, 0.1) is 0 Å². The minimum atomic E-state index is -0.0754. The SMILES string of the molecule is COc1ccc(C2CN(C(=O)c3cccs3)CCO2)cc1. The molecule has 1 amide bonds. The van der Waals surface area contributed by atoms with Crippen molar-refractivity contribution in [2.24, 2.45) is 0 Å². The molecule has 110 valence electrons. The van der Waals surface area contributed by atoms with Gasteiger partial charge in [0.05, 0.1) is 25.1 Å². The van der Waals surface area contributed by atoms with Gasteiger partial charge in [0.25, 0.3) is 5.91 Å². The second kappa shape index (κ2) is 6.28. The molecule has 0 radical (unpaired) electrons. The summed E-state index contributed by atoms with van der Waals surface area (Å²) in [5, 5.41) is 1.93. The number of rotatable bonds is 3. The number of nitrogens with zero attached hydrogens (tertiary/aromatic N) is 1. The minimum absolute atomic E-state index is 0.0754. The van der Waals surface area contributed by atoms with E-state index in [0.717, 1.165) is 16.2 Å². The second-order valence-corrected chi connectivity index (χ2v) is 5.81. The zero-order valence-corrected chi connectivity index (χ0v) is 12.6. The molecule has 21 heavy (non-hydrogen) atoms. The second-order valence-electron chi connectivity index (χ2n) is 4.86. The van der Waals surface area contributed by atoms with Crippen molar-refractivity contribution in [3.63, 3.8) is 0 Å². The molecule has 4 nitrogen and oxygen atoms in total. The van der Waals surface area contributed by atoms with Crippen molar-refractivity contribution in [1.82, 2.24) is 4.90 Å². The fourth-order valence-electron chi connectivity index (χ4n) is 2.41. The molecular weight excluding hydrogens is 286 g/mol. The van der Waals surface area contributed by atoms with Crippen molar-refractivity contribution in [2.45, 2.75) is 6.10 Å². The maximum absolute atomic E-state index is 12.4. The van der Waals surface area contributed by atoms with Crippen LogP contribution in [-0.2, 0) is 4.74 Å². The number of morpholine rings is 1. The van der Waals surface area contributed by atoms with E-state index in [1.807, 2.05) is 46.7 Å². The highest BCUT2D eigenvalue weighted by atomic mass is 32.1. The predicted octanol–water partition coefficient (Wildman–Crippen LogP) is 2.97. The molecule has 0 aliphatic carbocycles. The summed E-state index contributed by atoms with van der Waals surface area (Å²) in [6, 6.07) is 11.6. The lowest BCUT2D eigenvalue weighted by Crippen LogP contribution is -2.42. The number of methoxy groups -OCH3 is 1. The summed E-state index contributed by atoms with van der Waals surface area (Å²) >= 11 is 1.48. The van der Waals surface area contributed by atoms with Gasteiger partial charge in [0.1, 0.15) is 11.9 Å². The molecule has 3 rings (SSSR count). The maximum atomic E-state index is 12.4. The van der Waals surface area contributed by atoms with Crippen molar-refractivity contribution >= 4 is 17.2 Å². The number of benzene rings is 1. The molecule has 2 heterocycles. The molecule has 1 aliphatic rings. The lowest BCUT2D eigenvalue weighted by atomic mass is 10.1.